The molecule has 3 heterocycles. The molecule has 3 rings (SSSR count). The Morgan fingerprint density at radius 1 is 1.45 bits per heavy atom. The third kappa shape index (κ3) is 3.54. The quantitative estimate of drug-likeness (QED) is 0.904. The Morgan fingerprint density at radius 3 is 3.09 bits per heavy atom. The van der Waals surface area contributed by atoms with Crippen molar-refractivity contribution in [2.75, 3.05) is 6.54 Å². The fraction of sp³-hybridized carbons (Fsp3) is 0.533. The number of nitrogens with zero attached hydrogens (tertiary/aromatic N) is 3. The van der Waals surface area contributed by atoms with Crippen molar-refractivity contribution in [3.05, 3.63) is 35.9 Å². The molecule has 7 nitrogen and oxygen atoms in total. The monoisotopic (exact) mass is 304 g/mol. The van der Waals surface area contributed by atoms with Crippen LogP contribution in [0.15, 0.2) is 27.3 Å². The molecule has 118 valence electrons. The Labute approximate surface area is 128 Å². The zero-order valence-corrected chi connectivity index (χ0v) is 12.6. The minimum atomic E-state index is -0.198. The van der Waals surface area contributed by atoms with Crippen LogP contribution in [0.2, 0.25) is 0 Å². The van der Waals surface area contributed by atoms with Crippen LogP contribution in [-0.2, 0) is 17.9 Å². The van der Waals surface area contributed by atoms with Crippen LogP contribution in [0.5, 0.6) is 0 Å². The Kier molecular flexibility index (Phi) is 4.53. The molecule has 0 saturated carbocycles. The first-order valence-corrected chi connectivity index (χ1v) is 7.56. The summed E-state index contributed by atoms with van der Waals surface area (Å²) in [6.45, 7) is 3.42. The Bertz CT molecular complexity index is 608. The molecule has 7 heteroatoms. The molecule has 1 aliphatic heterocycles. The van der Waals surface area contributed by atoms with Gasteiger partial charge in [-0.1, -0.05) is 5.16 Å². The van der Waals surface area contributed by atoms with E-state index < -0.39 is 0 Å². The van der Waals surface area contributed by atoms with Crippen molar-refractivity contribution >= 4 is 5.91 Å². The fourth-order valence-corrected chi connectivity index (χ4v) is 2.66. The number of amides is 1. The second-order valence-electron chi connectivity index (χ2n) is 5.50. The predicted octanol–water partition coefficient (Wildman–Crippen LogP) is 1.64. The highest BCUT2D eigenvalue weighted by molar-refractivity contribution is 5.82. The van der Waals surface area contributed by atoms with E-state index in [1.165, 1.54) is 0 Å². The van der Waals surface area contributed by atoms with Gasteiger partial charge in [0.25, 0.3) is 0 Å². The first-order chi connectivity index (χ1) is 10.7. The Hall–Kier alpha value is -2.15. The second-order valence-corrected chi connectivity index (χ2v) is 5.50. The predicted molar refractivity (Wildman–Crippen MR) is 77.6 cm³/mol. The standard InChI is InChI=1S/C15H20N4O3/c1-11-17-14(22-18-11)10-19-7-3-2-6-13(15(19)20)16-9-12-5-4-8-21-12/h4-5,8,13,16H,2-3,6-7,9-10H2,1H3. The van der Waals surface area contributed by atoms with Crippen LogP contribution in [0.4, 0.5) is 0 Å². The number of nitrogens with one attached hydrogen (secondary N) is 1. The highest BCUT2D eigenvalue weighted by Crippen LogP contribution is 2.15. The maximum atomic E-state index is 12.7. The van der Waals surface area contributed by atoms with Crippen molar-refractivity contribution in [3.8, 4) is 0 Å². The molecule has 1 unspecified atom stereocenters. The molecule has 2 aromatic rings. The number of aromatic nitrogens is 2. The SMILES string of the molecule is Cc1noc(CN2CCCCC(NCc3ccco3)C2=O)n1. The van der Waals surface area contributed by atoms with Crippen LogP contribution in [0.1, 0.15) is 36.7 Å². The van der Waals surface area contributed by atoms with Crippen LogP contribution in [0.3, 0.4) is 0 Å². The summed E-state index contributed by atoms with van der Waals surface area (Å²) >= 11 is 0. The molecule has 2 aromatic heterocycles. The minimum absolute atomic E-state index is 0.0832. The lowest BCUT2D eigenvalue weighted by molar-refractivity contribution is -0.133. The van der Waals surface area contributed by atoms with E-state index in [9.17, 15) is 4.79 Å². The van der Waals surface area contributed by atoms with E-state index in [0.717, 1.165) is 31.6 Å². The molecule has 22 heavy (non-hydrogen) atoms. The average molecular weight is 304 g/mol. The lowest BCUT2D eigenvalue weighted by Crippen LogP contribution is -2.44. The van der Waals surface area contributed by atoms with E-state index in [-0.39, 0.29) is 11.9 Å². The van der Waals surface area contributed by atoms with Gasteiger partial charge in [0.1, 0.15) is 12.3 Å². The number of hydrogen-bond donors (Lipinski definition) is 1. The highest BCUT2D eigenvalue weighted by atomic mass is 16.5. The summed E-state index contributed by atoms with van der Waals surface area (Å²) in [5, 5.41) is 7.05. The first kappa shape index (κ1) is 14.8. The normalized spacial score (nSPS) is 19.4. The number of rotatable bonds is 5. The van der Waals surface area contributed by atoms with E-state index in [1.54, 1.807) is 18.1 Å². The smallest absolute Gasteiger partial charge is 0.246 e. The van der Waals surface area contributed by atoms with Gasteiger partial charge in [0, 0.05) is 6.54 Å². The molecule has 1 aliphatic rings. The van der Waals surface area contributed by atoms with Crippen molar-refractivity contribution in [2.45, 2.75) is 45.3 Å². The number of carbonyl (C=O) groups excluding carboxylic acids is 1. The molecule has 1 N–H and O–H groups in total. The van der Waals surface area contributed by atoms with Gasteiger partial charge in [-0.3, -0.25) is 10.1 Å². The third-order valence-corrected chi connectivity index (χ3v) is 3.78. The summed E-state index contributed by atoms with van der Waals surface area (Å²) in [6, 6.07) is 3.54. The van der Waals surface area contributed by atoms with Crippen molar-refractivity contribution in [1.82, 2.24) is 20.4 Å². The van der Waals surface area contributed by atoms with Gasteiger partial charge in [-0.15, -0.1) is 0 Å². The molecule has 1 atom stereocenters. The second kappa shape index (κ2) is 6.74. The van der Waals surface area contributed by atoms with Gasteiger partial charge in [0.2, 0.25) is 11.8 Å². The third-order valence-electron chi connectivity index (χ3n) is 3.78. The molecular weight excluding hydrogens is 284 g/mol. The van der Waals surface area contributed by atoms with E-state index in [0.29, 0.717) is 24.8 Å². The van der Waals surface area contributed by atoms with Crippen LogP contribution >= 0.6 is 0 Å². The summed E-state index contributed by atoms with van der Waals surface area (Å²) < 4.78 is 10.4. The lowest BCUT2D eigenvalue weighted by atomic mass is 10.1. The van der Waals surface area contributed by atoms with Gasteiger partial charge in [-0.2, -0.15) is 4.98 Å². The van der Waals surface area contributed by atoms with E-state index in [1.807, 2.05) is 12.1 Å². The van der Waals surface area contributed by atoms with Crippen LogP contribution in [0, 0.1) is 6.92 Å². The van der Waals surface area contributed by atoms with Gasteiger partial charge >= 0.3 is 0 Å². The highest BCUT2D eigenvalue weighted by Gasteiger charge is 2.27. The van der Waals surface area contributed by atoms with Crippen molar-refractivity contribution in [3.63, 3.8) is 0 Å². The summed E-state index contributed by atoms with van der Waals surface area (Å²) in [5.41, 5.74) is 0. The number of hydrogen-bond acceptors (Lipinski definition) is 6. The zero-order valence-electron chi connectivity index (χ0n) is 12.6. The lowest BCUT2D eigenvalue weighted by Gasteiger charge is -2.23. The minimum Gasteiger partial charge on any atom is -0.468 e. The van der Waals surface area contributed by atoms with Gasteiger partial charge in [-0.25, -0.2) is 0 Å². The Balaban J connectivity index is 1.62. The maximum absolute atomic E-state index is 12.7. The maximum Gasteiger partial charge on any atom is 0.246 e. The molecule has 0 bridgehead atoms. The van der Waals surface area contributed by atoms with Gasteiger partial charge in [0.05, 0.1) is 18.8 Å². The summed E-state index contributed by atoms with van der Waals surface area (Å²) in [5.74, 6) is 1.98. The molecule has 1 fully saturated rings. The van der Waals surface area contributed by atoms with Crippen LogP contribution in [-0.4, -0.2) is 33.5 Å². The molecule has 0 radical (unpaired) electrons. The number of likely N-dealkylation sites (tertiary alicyclic amines) is 1. The topological polar surface area (TPSA) is 84.4 Å². The molecule has 1 amide bonds. The zero-order chi connectivity index (χ0) is 15.4. The average Bonchev–Trinajstić information content (AvgIpc) is 3.12. The van der Waals surface area contributed by atoms with Crippen molar-refractivity contribution in [2.24, 2.45) is 0 Å². The van der Waals surface area contributed by atoms with Crippen molar-refractivity contribution < 1.29 is 13.7 Å². The largest absolute Gasteiger partial charge is 0.468 e. The van der Waals surface area contributed by atoms with Gasteiger partial charge in [0.15, 0.2) is 5.82 Å². The van der Waals surface area contributed by atoms with E-state index >= 15 is 0 Å². The number of carbonyl (C=O) groups is 1. The summed E-state index contributed by atoms with van der Waals surface area (Å²) in [7, 11) is 0. The van der Waals surface area contributed by atoms with Crippen molar-refractivity contribution in [1.29, 1.82) is 0 Å². The molecule has 0 spiro atoms. The molecule has 0 aromatic carbocycles. The Morgan fingerprint density at radius 2 is 2.36 bits per heavy atom. The van der Waals surface area contributed by atoms with Crippen LogP contribution in [0.25, 0.3) is 0 Å². The van der Waals surface area contributed by atoms with Gasteiger partial charge in [-0.05, 0) is 38.3 Å². The van der Waals surface area contributed by atoms with Gasteiger partial charge < -0.3 is 13.8 Å². The number of aryl methyl sites for hydroxylation is 1. The van der Waals surface area contributed by atoms with Crippen LogP contribution < -0.4 is 5.32 Å². The van der Waals surface area contributed by atoms with E-state index in [2.05, 4.69) is 15.5 Å². The molecule has 1 saturated heterocycles. The van der Waals surface area contributed by atoms with E-state index in [4.69, 9.17) is 8.94 Å². The fourth-order valence-electron chi connectivity index (χ4n) is 2.66. The number of furan rings is 1. The first-order valence-electron chi connectivity index (χ1n) is 7.56. The summed E-state index contributed by atoms with van der Waals surface area (Å²) in [4.78, 5) is 18.6. The molecule has 0 aliphatic carbocycles. The molecular formula is C15H20N4O3. The summed E-state index contributed by atoms with van der Waals surface area (Å²) in [6.07, 6.45) is 4.47.